The minimum atomic E-state index is -0.714. The van der Waals surface area contributed by atoms with E-state index < -0.39 is 11.6 Å². The molecule has 0 radical (unpaired) electrons. The minimum Gasteiger partial charge on any atom is -0.481 e. The maximum atomic E-state index is 12.2. The largest absolute Gasteiger partial charge is 0.481 e. The van der Waals surface area contributed by atoms with Crippen LogP contribution in [-0.2, 0) is 9.53 Å². The molecule has 4 bridgehead atoms. The van der Waals surface area contributed by atoms with E-state index in [1.54, 1.807) is 0 Å². The molecule has 5 nitrogen and oxygen atoms in total. The van der Waals surface area contributed by atoms with Gasteiger partial charge in [-0.25, -0.2) is 4.79 Å². The molecule has 0 aromatic rings. The highest BCUT2D eigenvalue weighted by molar-refractivity contribution is 5.70. The maximum Gasteiger partial charge on any atom is 0.408 e. The Kier molecular flexibility index (Phi) is 3.46. The van der Waals surface area contributed by atoms with Crippen LogP contribution in [0.4, 0.5) is 4.79 Å². The van der Waals surface area contributed by atoms with Gasteiger partial charge in [-0.05, 0) is 76.5 Å². The smallest absolute Gasteiger partial charge is 0.408 e. The number of carbonyl (C=O) groups is 2. The first kappa shape index (κ1) is 15.6. The van der Waals surface area contributed by atoms with Crippen LogP contribution in [0.1, 0.15) is 65.7 Å². The molecule has 0 aromatic carbocycles. The SMILES string of the molecule is CC(C)(C)OC(=O)NC12CC3CC(CC(CC(=O)O)(C3)C1)C2. The van der Waals surface area contributed by atoms with E-state index in [0.717, 1.165) is 32.1 Å². The highest BCUT2D eigenvalue weighted by Crippen LogP contribution is 2.62. The molecule has 1 amide bonds. The topological polar surface area (TPSA) is 75.6 Å². The number of carbonyl (C=O) groups excluding carboxylic acids is 1. The lowest BCUT2D eigenvalue weighted by molar-refractivity contribution is -0.147. The van der Waals surface area contributed by atoms with Crippen molar-refractivity contribution in [1.82, 2.24) is 5.32 Å². The molecule has 2 N–H and O–H groups in total. The van der Waals surface area contributed by atoms with Gasteiger partial charge in [0.25, 0.3) is 0 Å². The third kappa shape index (κ3) is 3.08. The fraction of sp³-hybridized carbons (Fsp3) is 0.882. The first-order chi connectivity index (χ1) is 10.1. The van der Waals surface area contributed by atoms with Crippen molar-refractivity contribution in [3.05, 3.63) is 0 Å². The Morgan fingerprint density at radius 3 is 2.27 bits per heavy atom. The second-order valence-electron chi connectivity index (χ2n) is 8.94. The average Bonchev–Trinajstić information content (AvgIpc) is 2.19. The summed E-state index contributed by atoms with van der Waals surface area (Å²) in [6.45, 7) is 5.58. The molecule has 4 aliphatic carbocycles. The van der Waals surface area contributed by atoms with Gasteiger partial charge in [-0.15, -0.1) is 0 Å². The van der Waals surface area contributed by atoms with Gasteiger partial charge < -0.3 is 15.2 Å². The van der Waals surface area contributed by atoms with E-state index in [1.165, 1.54) is 6.42 Å². The van der Waals surface area contributed by atoms with Gasteiger partial charge in [0.1, 0.15) is 5.60 Å². The molecule has 0 spiro atoms. The van der Waals surface area contributed by atoms with Crippen LogP contribution in [0, 0.1) is 17.3 Å². The van der Waals surface area contributed by atoms with Crippen LogP contribution in [0.5, 0.6) is 0 Å². The van der Waals surface area contributed by atoms with Crippen LogP contribution in [0.25, 0.3) is 0 Å². The second kappa shape index (κ2) is 4.87. The van der Waals surface area contributed by atoms with Crippen molar-refractivity contribution in [3.8, 4) is 0 Å². The summed E-state index contributed by atoms with van der Waals surface area (Å²) in [6.07, 6.45) is 5.82. The fourth-order valence-corrected chi connectivity index (χ4v) is 5.65. The van der Waals surface area contributed by atoms with Crippen molar-refractivity contribution in [2.24, 2.45) is 17.3 Å². The number of ether oxygens (including phenoxy) is 1. The Morgan fingerprint density at radius 2 is 1.77 bits per heavy atom. The predicted molar refractivity (Wildman–Crippen MR) is 81.5 cm³/mol. The molecule has 4 aliphatic rings. The molecule has 2 atom stereocenters. The van der Waals surface area contributed by atoms with Gasteiger partial charge >= 0.3 is 12.1 Å². The van der Waals surface area contributed by atoms with Gasteiger partial charge in [-0.1, -0.05) is 0 Å². The highest BCUT2D eigenvalue weighted by atomic mass is 16.6. The molecule has 0 aliphatic heterocycles. The summed E-state index contributed by atoms with van der Waals surface area (Å²) in [5, 5.41) is 12.4. The molecule has 4 rings (SSSR count). The lowest BCUT2D eigenvalue weighted by atomic mass is 9.46. The van der Waals surface area contributed by atoms with E-state index in [1.807, 2.05) is 20.8 Å². The third-order valence-corrected chi connectivity index (χ3v) is 5.47. The van der Waals surface area contributed by atoms with Gasteiger partial charge in [-0.3, -0.25) is 4.79 Å². The summed E-state index contributed by atoms with van der Waals surface area (Å²) >= 11 is 0. The summed E-state index contributed by atoms with van der Waals surface area (Å²) in [5.74, 6) is 0.389. The minimum absolute atomic E-state index is 0.120. The van der Waals surface area contributed by atoms with Crippen LogP contribution < -0.4 is 5.32 Å². The van der Waals surface area contributed by atoms with Crippen molar-refractivity contribution in [3.63, 3.8) is 0 Å². The van der Waals surface area contributed by atoms with E-state index in [4.69, 9.17) is 4.74 Å². The van der Waals surface area contributed by atoms with E-state index in [9.17, 15) is 14.7 Å². The summed E-state index contributed by atoms with van der Waals surface area (Å²) in [7, 11) is 0. The van der Waals surface area contributed by atoms with Crippen LogP contribution in [-0.4, -0.2) is 28.3 Å². The Labute approximate surface area is 131 Å². The first-order valence-corrected chi connectivity index (χ1v) is 8.32. The maximum absolute atomic E-state index is 12.2. The number of carboxylic acids is 1. The Morgan fingerprint density at radius 1 is 1.18 bits per heavy atom. The normalized spacial score (nSPS) is 39.6. The lowest BCUT2D eigenvalue weighted by Crippen LogP contribution is -2.63. The molecule has 5 heteroatoms. The average molecular weight is 309 g/mol. The molecule has 0 saturated heterocycles. The standard InChI is InChI=1S/C17H27NO4/c1-15(2,3)22-14(21)18-17-7-11-4-12(8-17)6-16(5-11,10-17)9-13(19)20/h11-12H,4-10H2,1-3H3,(H,18,21)(H,19,20). The van der Waals surface area contributed by atoms with Crippen LogP contribution in [0.15, 0.2) is 0 Å². The number of alkyl carbamates (subject to hydrolysis) is 1. The predicted octanol–water partition coefficient (Wildman–Crippen LogP) is 3.32. The number of hydrogen-bond donors (Lipinski definition) is 2. The van der Waals surface area contributed by atoms with E-state index in [2.05, 4.69) is 5.32 Å². The molecule has 22 heavy (non-hydrogen) atoms. The van der Waals surface area contributed by atoms with Gasteiger partial charge in [-0.2, -0.15) is 0 Å². The summed E-state index contributed by atoms with van der Waals surface area (Å²) < 4.78 is 5.42. The number of carboxylic acid groups (broad SMARTS) is 1. The zero-order valence-corrected chi connectivity index (χ0v) is 13.8. The van der Waals surface area contributed by atoms with Gasteiger partial charge in [0.15, 0.2) is 0 Å². The fourth-order valence-electron chi connectivity index (χ4n) is 5.65. The zero-order chi connectivity index (χ0) is 16.2. The summed E-state index contributed by atoms with van der Waals surface area (Å²) in [4.78, 5) is 23.5. The third-order valence-electron chi connectivity index (χ3n) is 5.47. The monoisotopic (exact) mass is 309 g/mol. The number of hydrogen-bond acceptors (Lipinski definition) is 3. The molecule has 4 saturated carbocycles. The van der Waals surface area contributed by atoms with Crippen LogP contribution in [0.2, 0.25) is 0 Å². The molecule has 4 fully saturated rings. The Hall–Kier alpha value is -1.26. The second-order valence-corrected chi connectivity index (χ2v) is 8.94. The number of aliphatic carboxylic acids is 1. The number of rotatable bonds is 3. The Balaban J connectivity index is 1.76. The Bertz CT molecular complexity index is 479. The quantitative estimate of drug-likeness (QED) is 0.838. The molecular formula is C17H27NO4. The van der Waals surface area contributed by atoms with Crippen molar-refractivity contribution < 1.29 is 19.4 Å². The van der Waals surface area contributed by atoms with Gasteiger partial charge in [0.05, 0.1) is 6.42 Å². The van der Waals surface area contributed by atoms with E-state index in [0.29, 0.717) is 11.8 Å². The molecule has 0 aromatic heterocycles. The number of nitrogens with one attached hydrogen (secondary N) is 1. The summed E-state index contributed by atoms with van der Waals surface area (Å²) in [6, 6.07) is 0. The van der Waals surface area contributed by atoms with Crippen LogP contribution in [0.3, 0.4) is 0 Å². The molecule has 2 unspecified atom stereocenters. The van der Waals surface area contributed by atoms with E-state index >= 15 is 0 Å². The zero-order valence-electron chi connectivity index (χ0n) is 13.8. The molecule has 124 valence electrons. The van der Waals surface area contributed by atoms with Crippen molar-refractivity contribution in [2.75, 3.05) is 0 Å². The van der Waals surface area contributed by atoms with Gasteiger partial charge in [0.2, 0.25) is 0 Å². The lowest BCUT2D eigenvalue weighted by Gasteiger charge is -2.61. The molecular weight excluding hydrogens is 282 g/mol. The highest BCUT2D eigenvalue weighted by Gasteiger charge is 2.58. The van der Waals surface area contributed by atoms with Crippen molar-refractivity contribution in [2.45, 2.75) is 76.9 Å². The van der Waals surface area contributed by atoms with Crippen molar-refractivity contribution >= 4 is 12.1 Å². The van der Waals surface area contributed by atoms with Crippen LogP contribution >= 0.6 is 0 Å². The number of amides is 1. The summed E-state index contributed by atoms with van der Waals surface area (Å²) in [5.41, 5.74) is -0.877. The van der Waals surface area contributed by atoms with E-state index in [-0.39, 0.29) is 23.5 Å². The van der Waals surface area contributed by atoms with Gasteiger partial charge in [0, 0.05) is 5.54 Å². The molecule has 0 heterocycles. The van der Waals surface area contributed by atoms with Crippen molar-refractivity contribution in [1.29, 1.82) is 0 Å². The first-order valence-electron chi connectivity index (χ1n) is 8.32.